The smallest absolute Gasteiger partial charge is 0.298 e. The fraction of sp³-hybridized carbons (Fsp3) is 0.480. The van der Waals surface area contributed by atoms with Gasteiger partial charge in [-0.3, -0.25) is 4.98 Å². The molecule has 4 heterocycles. The first-order chi connectivity index (χ1) is 16.3. The molecule has 34 heavy (non-hydrogen) atoms. The molecule has 2 aromatic heterocycles. The average Bonchev–Trinajstić information content (AvgIpc) is 3.53. The monoisotopic (exact) mass is 469 g/mol. The van der Waals surface area contributed by atoms with Crippen molar-refractivity contribution in [2.45, 2.75) is 57.3 Å². The second-order valence-electron chi connectivity index (χ2n) is 9.23. The van der Waals surface area contributed by atoms with Crippen LogP contribution in [0.25, 0.3) is 10.9 Å². The summed E-state index contributed by atoms with van der Waals surface area (Å²) in [7, 11) is 0. The van der Waals surface area contributed by atoms with Gasteiger partial charge in [0.1, 0.15) is 6.10 Å². The number of hydrogen-bond donors (Lipinski definition) is 2. The largest absolute Gasteiger partial charge is 0.391 e. The van der Waals surface area contributed by atoms with Crippen molar-refractivity contribution in [3.63, 3.8) is 0 Å². The molecule has 0 radical (unpaired) electrons. The number of aliphatic hydroxyl groups is 1. The van der Waals surface area contributed by atoms with E-state index >= 15 is 8.78 Å². The number of rotatable bonds is 6. The van der Waals surface area contributed by atoms with E-state index in [9.17, 15) is 5.11 Å². The number of β-amino-alcohol motifs (C(OH)–C–C–N with tert-alkyl or cyclic N) is 1. The normalized spacial score (nSPS) is 21.9. The molecule has 0 saturated carbocycles. The van der Waals surface area contributed by atoms with Gasteiger partial charge in [-0.25, -0.2) is 0 Å². The van der Waals surface area contributed by atoms with Gasteiger partial charge in [0.15, 0.2) is 5.82 Å². The standard InChI is InChI=1S/C25H29F2N5O2/c1-15(17-5-3-6-18(11-17)25(26,27)22-7-4-10-34-22)29-24-21-12-19(32-9-8-20(33)14-32)13-28-23(21)16(2)30-31-24/h3,5-6,11-13,15,20,22,33H,4,7-10,14H2,1-2H3,(H,29,31)/t15-,20+,22?/m1/s1. The van der Waals surface area contributed by atoms with Crippen LogP contribution < -0.4 is 10.2 Å². The van der Waals surface area contributed by atoms with Gasteiger partial charge < -0.3 is 20.1 Å². The molecule has 1 unspecified atom stereocenters. The van der Waals surface area contributed by atoms with E-state index in [1.54, 1.807) is 18.3 Å². The SMILES string of the molecule is Cc1nnc(N[C@H](C)c2cccc(C(F)(F)C3CCCO3)c2)c2cc(N3CC[C@H](O)C3)cnc12. The van der Waals surface area contributed by atoms with Crippen LogP contribution >= 0.6 is 0 Å². The Morgan fingerprint density at radius 1 is 1.24 bits per heavy atom. The molecule has 3 atom stereocenters. The van der Waals surface area contributed by atoms with Crippen molar-refractivity contribution in [3.05, 3.63) is 53.3 Å². The topological polar surface area (TPSA) is 83.4 Å². The summed E-state index contributed by atoms with van der Waals surface area (Å²) in [4.78, 5) is 6.70. The Kier molecular flexibility index (Phi) is 6.07. The van der Waals surface area contributed by atoms with Crippen molar-refractivity contribution in [1.82, 2.24) is 15.2 Å². The molecular weight excluding hydrogens is 440 g/mol. The first-order valence-electron chi connectivity index (χ1n) is 11.8. The Hall–Kier alpha value is -2.91. The van der Waals surface area contributed by atoms with E-state index < -0.39 is 12.0 Å². The molecule has 2 fully saturated rings. The zero-order valence-corrected chi connectivity index (χ0v) is 19.3. The Morgan fingerprint density at radius 3 is 2.82 bits per heavy atom. The predicted molar refractivity (Wildman–Crippen MR) is 126 cm³/mol. The molecule has 0 amide bonds. The van der Waals surface area contributed by atoms with E-state index in [0.29, 0.717) is 37.5 Å². The summed E-state index contributed by atoms with van der Waals surface area (Å²) in [6, 6.07) is 8.18. The fourth-order valence-electron chi connectivity index (χ4n) is 4.76. The molecule has 0 aliphatic carbocycles. The Morgan fingerprint density at radius 2 is 2.09 bits per heavy atom. The highest BCUT2D eigenvalue weighted by atomic mass is 19.3. The van der Waals surface area contributed by atoms with Crippen LogP contribution in [0.2, 0.25) is 0 Å². The van der Waals surface area contributed by atoms with Crippen LogP contribution in [0, 0.1) is 6.92 Å². The number of anilines is 2. The van der Waals surface area contributed by atoms with Crippen molar-refractivity contribution >= 4 is 22.4 Å². The number of aliphatic hydroxyl groups excluding tert-OH is 1. The number of nitrogens with zero attached hydrogens (tertiary/aromatic N) is 4. The zero-order valence-electron chi connectivity index (χ0n) is 19.3. The van der Waals surface area contributed by atoms with Gasteiger partial charge >= 0.3 is 0 Å². The highest BCUT2D eigenvalue weighted by molar-refractivity contribution is 5.92. The van der Waals surface area contributed by atoms with Crippen molar-refractivity contribution in [1.29, 1.82) is 0 Å². The number of fused-ring (bicyclic) bond motifs is 1. The van der Waals surface area contributed by atoms with Gasteiger partial charge in [0, 0.05) is 30.6 Å². The van der Waals surface area contributed by atoms with Crippen LogP contribution in [0.3, 0.4) is 0 Å². The molecule has 7 nitrogen and oxygen atoms in total. The predicted octanol–water partition coefficient (Wildman–Crippen LogP) is 4.35. The van der Waals surface area contributed by atoms with E-state index in [-0.39, 0.29) is 17.7 Å². The van der Waals surface area contributed by atoms with E-state index in [2.05, 4.69) is 25.4 Å². The maximum Gasteiger partial charge on any atom is 0.298 e. The van der Waals surface area contributed by atoms with Crippen molar-refractivity contribution in [2.24, 2.45) is 0 Å². The third-order valence-electron chi connectivity index (χ3n) is 6.76. The molecule has 2 N–H and O–H groups in total. The Balaban J connectivity index is 1.43. The number of aryl methyl sites for hydroxylation is 1. The molecule has 5 rings (SSSR count). The van der Waals surface area contributed by atoms with Gasteiger partial charge in [0.05, 0.1) is 35.2 Å². The summed E-state index contributed by atoms with van der Waals surface area (Å²) < 4.78 is 35.3. The first-order valence-corrected chi connectivity index (χ1v) is 11.8. The van der Waals surface area contributed by atoms with Crippen molar-refractivity contribution in [2.75, 3.05) is 29.9 Å². The molecular formula is C25H29F2N5O2. The number of nitrogens with one attached hydrogen (secondary N) is 1. The van der Waals surface area contributed by atoms with Crippen LogP contribution in [0.5, 0.6) is 0 Å². The van der Waals surface area contributed by atoms with Gasteiger partial charge in [-0.1, -0.05) is 18.2 Å². The summed E-state index contributed by atoms with van der Waals surface area (Å²) in [5, 5.41) is 22.6. The summed E-state index contributed by atoms with van der Waals surface area (Å²) in [5.41, 5.74) is 3.02. The maximum atomic E-state index is 15.0. The first kappa shape index (κ1) is 22.9. The molecule has 180 valence electrons. The summed E-state index contributed by atoms with van der Waals surface area (Å²) in [6.45, 7) is 5.46. The lowest BCUT2D eigenvalue weighted by Gasteiger charge is -2.24. The zero-order chi connectivity index (χ0) is 23.9. The number of aromatic nitrogens is 3. The highest BCUT2D eigenvalue weighted by Gasteiger charge is 2.44. The number of benzene rings is 1. The lowest BCUT2D eigenvalue weighted by Crippen LogP contribution is -2.30. The second kappa shape index (κ2) is 9.03. The second-order valence-corrected chi connectivity index (χ2v) is 9.23. The average molecular weight is 470 g/mol. The number of alkyl halides is 2. The summed E-state index contributed by atoms with van der Waals surface area (Å²) in [5.74, 6) is -2.50. The van der Waals surface area contributed by atoms with Crippen molar-refractivity contribution in [3.8, 4) is 0 Å². The van der Waals surface area contributed by atoms with Crippen LogP contribution in [0.15, 0.2) is 36.5 Å². The van der Waals surface area contributed by atoms with Gasteiger partial charge in [-0.15, -0.1) is 5.10 Å². The van der Waals surface area contributed by atoms with E-state index in [4.69, 9.17) is 4.74 Å². The molecule has 0 spiro atoms. The highest BCUT2D eigenvalue weighted by Crippen LogP contribution is 2.39. The summed E-state index contributed by atoms with van der Waals surface area (Å²) >= 11 is 0. The Labute approximate surface area is 197 Å². The molecule has 0 bridgehead atoms. The third-order valence-corrected chi connectivity index (χ3v) is 6.76. The Bertz CT molecular complexity index is 1190. The van der Waals surface area contributed by atoms with Crippen LogP contribution in [0.1, 0.15) is 49.0 Å². The van der Waals surface area contributed by atoms with Crippen LogP contribution in [-0.4, -0.2) is 52.2 Å². The summed E-state index contributed by atoms with van der Waals surface area (Å²) in [6.07, 6.45) is 2.11. The maximum absolute atomic E-state index is 15.0. The number of hydrogen-bond acceptors (Lipinski definition) is 7. The molecule has 1 aromatic carbocycles. The van der Waals surface area contributed by atoms with Gasteiger partial charge in [-0.2, -0.15) is 13.9 Å². The minimum absolute atomic E-state index is 0.0399. The molecule has 2 aliphatic rings. The quantitative estimate of drug-likeness (QED) is 0.555. The molecule has 3 aromatic rings. The minimum Gasteiger partial charge on any atom is -0.391 e. The van der Waals surface area contributed by atoms with E-state index in [1.807, 2.05) is 26.0 Å². The molecule has 9 heteroatoms. The molecule has 2 saturated heterocycles. The minimum atomic E-state index is -3.04. The van der Waals surface area contributed by atoms with E-state index in [0.717, 1.165) is 35.1 Å². The lowest BCUT2D eigenvalue weighted by molar-refractivity contribution is -0.122. The van der Waals surface area contributed by atoms with E-state index in [1.165, 1.54) is 6.07 Å². The van der Waals surface area contributed by atoms with Gasteiger partial charge in [0.25, 0.3) is 5.92 Å². The fourth-order valence-corrected chi connectivity index (χ4v) is 4.76. The lowest BCUT2D eigenvalue weighted by atomic mass is 9.97. The van der Waals surface area contributed by atoms with Crippen LogP contribution in [0.4, 0.5) is 20.3 Å². The van der Waals surface area contributed by atoms with Crippen molar-refractivity contribution < 1.29 is 18.6 Å². The van der Waals surface area contributed by atoms with Gasteiger partial charge in [0.2, 0.25) is 0 Å². The molecule has 2 aliphatic heterocycles. The third kappa shape index (κ3) is 4.30. The number of halogens is 2. The number of ether oxygens (including phenoxy) is 1. The van der Waals surface area contributed by atoms with Crippen LogP contribution in [-0.2, 0) is 10.7 Å². The number of pyridine rings is 1. The van der Waals surface area contributed by atoms with Gasteiger partial charge in [-0.05, 0) is 50.8 Å².